The zero-order valence-electron chi connectivity index (χ0n) is 11.8. The minimum atomic E-state index is -0.0524. The van der Waals surface area contributed by atoms with Crippen molar-refractivity contribution in [2.24, 2.45) is 0 Å². The van der Waals surface area contributed by atoms with Gasteiger partial charge in [-0.25, -0.2) is 0 Å². The van der Waals surface area contributed by atoms with E-state index in [1.807, 2.05) is 12.1 Å². The van der Waals surface area contributed by atoms with E-state index in [0.717, 1.165) is 16.9 Å². The van der Waals surface area contributed by atoms with Crippen molar-refractivity contribution in [3.8, 4) is 5.75 Å². The highest BCUT2D eigenvalue weighted by Gasteiger charge is 2.23. The summed E-state index contributed by atoms with van der Waals surface area (Å²) in [7, 11) is 0. The lowest BCUT2D eigenvalue weighted by Crippen LogP contribution is -2.31. The van der Waals surface area contributed by atoms with Crippen molar-refractivity contribution in [2.45, 2.75) is 46.2 Å². The summed E-state index contributed by atoms with van der Waals surface area (Å²) in [6.07, 6.45) is 2.18. The van der Waals surface area contributed by atoms with Gasteiger partial charge < -0.3 is 15.7 Å². The van der Waals surface area contributed by atoms with E-state index in [9.17, 15) is 5.11 Å². The average molecular weight is 246 g/mol. The minimum Gasteiger partial charge on any atom is -0.506 e. The Balaban J connectivity index is 2.47. The van der Waals surface area contributed by atoms with Gasteiger partial charge >= 0.3 is 0 Å². The van der Waals surface area contributed by atoms with Crippen molar-refractivity contribution < 1.29 is 5.11 Å². The van der Waals surface area contributed by atoms with Crippen LogP contribution in [-0.4, -0.2) is 16.7 Å². The Morgan fingerprint density at radius 1 is 1.28 bits per heavy atom. The van der Waals surface area contributed by atoms with Gasteiger partial charge in [-0.2, -0.15) is 0 Å². The van der Waals surface area contributed by atoms with Crippen LogP contribution in [-0.2, 0) is 0 Å². The van der Waals surface area contributed by atoms with Crippen molar-refractivity contribution >= 4 is 16.9 Å². The third-order valence-electron chi connectivity index (χ3n) is 3.04. The molecule has 2 rings (SSSR count). The molecule has 0 aromatic heterocycles. The van der Waals surface area contributed by atoms with Crippen LogP contribution in [0.3, 0.4) is 0 Å². The number of hydrogen-bond acceptors (Lipinski definition) is 3. The van der Waals surface area contributed by atoms with Gasteiger partial charge in [0.15, 0.2) is 0 Å². The fraction of sp³-hybridized carbons (Fsp3) is 0.467. The van der Waals surface area contributed by atoms with E-state index in [2.05, 4.69) is 51.3 Å². The lowest BCUT2D eigenvalue weighted by atomic mass is 9.91. The van der Waals surface area contributed by atoms with Gasteiger partial charge in [0.25, 0.3) is 0 Å². The highest BCUT2D eigenvalue weighted by molar-refractivity contribution is 5.84. The summed E-state index contributed by atoms with van der Waals surface area (Å²) in [6.45, 7) is 10.5. The molecule has 0 bridgehead atoms. The molecule has 18 heavy (non-hydrogen) atoms. The molecule has 1 aromatic carbocycles. The lowest BCUT2D eigenvalue weighted by molar-refractivity contribution is 0.476. The van der Waals surface area contributed by atoms with Crippen LogP contribution >= 0.6 is 0 Å². The molecule has 3 heteroatoms. The summed E-state index contributed by atoms with van der Waals surface area (Å²) in [5.41, 5.74) is 4.06. The van der Waals surface area contributed by atoms with Gasteiger partial charge in [0, 0.05) is 17.3 Å². The van der Waals surface area contributed by atoms with Gasteiger partial charge in [0.05, 0.1) is 11.2 Å². The van der Waals surface area contributed by atoms with Crippen molar-refractivity contribution in [3.05, 3.63) is 23.8 Å². The van der Waals surface area contributed by atoms with Crippen LogP contribution in [0.4, 0.5) is 11.4 Å². The number of benzene rings is 1. The largest absolute Gasteiger partial charge is 0.506 e. The predicted octanol–water partition coefficient (Wildman–Crippen LogP) is 3.82. The van der Waals surface area contributed by atoms with Crippen LogP contribution < -0.4 is 10.6 Å². The minimum absolute atomic E-state index is 0.0524. The Morgan fingerprint density at radius 2 is 1.94 bits per heavy atom. The van der Waals surface area contributed by atoms with Crippen LogP contribution in [0.25, 0.3) is 5.57 Å². The molecule has 0 amide bonds. The van der Waals surface area contributed by atoms with Crippen LogP contribution in [0.1, 0.15) is 40.2 Å². The number of nitrogens with one attached hydrogen (secondary N) is 2. The smallest absolute Gasteiger partial charge is 0.139 e. The third kappa shape index (κ3) is 2.45. The molecule has 0 aliphatic carbocycles. The van der Waals surface area contributed by atoms with E-state index >= 15 is 0 Å². The molecule has 3 nitrogen and oxygen atoms in total. The van der Waals surface area contributed by atoms with Crippen molar-refractivity contribution in [1.82, 2.24) is 0 Å². The van der Waals surface area contributed by atoms with Gasteiger partial charge in [-0.3, -0.25) is 0 Å². The molecule has 1 aromatic rings. The molecule has 98 valence electrons. The molecule has 1 aliphatic rings. The molecule has 3 N–H and O–H groups in total. The number of fused-ring (bicyclic) bond motifs is 1. The number of phenols is 1. The monoisotopic (exact) mass is 246 g/mol. The zero-order chi connectivity index (χ0) is 13.5. The van der Waals surface area contributed by atoms with E-state index < -0.39 is 0 Å². The van der Waals surface area contributed by atoms with Gasteiger partial charge in [-0.15, -0.1) is 0 Å². The van der Waals surface area contributed by atoms with E-state index in [0.29, 0.717) is 11.8 Å². The Kier molecular flexibility index (Phi) is 3.01. The topological polar surface area (TPSA) is 44.3 Å². The predicted molar refractivity (Wildman–Crippen MR) is 78.2 cm³/mol. The highest BCUT2D eigenvalue weighted by Crippen LogP contribution is 2.39. The van der Waals surface area contributed by atoms with Gasteiger partial charge in [0.1, 0.15) is 5.75 Å². The summed E-state index contributed by atoms with van der Waals surface area (Å²) in [5.74, 6) is 0.303. The zero-order valence-corrected chi connectivity index (χ0v) is 11.8. The Morgan fingerprint density at radius 3 is 2.56 bits per heavy atom. The molecule has 0 unspecified atom stereocenters. The summed E-state index contributed by atoms with van der Waals surface area (Å²) >= 11 is 0. The van der Waals surface area contributed by atoms with Crippen molar-refractivity contribution in [3.63, 3.8) is 0 Å². The second-order valence-corrected chi connectivity index (χ2v) is 5.89. The molecule has 0 saturated carbocycles. The summed E-state index contributed by atoms with van der Waals surface area (Å²) < 4.78 is 0. The molecule has 0 radical (unpaired) electrons. The normalized spacial score (nSPS) is 16.9. The number of allylic oxidation sites excluding steroid dienone is 1. The summed E-state index contributed by atoms with van der Waals surface area (Å²) in [6, 6.07) is 4.11. The highest BCUT2D eigenvalue weighted by atomic mass is 16.3. The van der Waals surface area contributed by atoms with Gasteiger partial charge in [-0.1, -0.05) is 6.08 Å². The molecule has 0 saturated heterocycles. The first-order chi connectivity index (χ1) is 8.28. The summed E-state index contributed by atoms with van der Waals surface area (Å²) in [4.78, 5) is 0. The lowest BCUT2D eigenvalue weighted by Gasteiger charge is -2.32. The van der Waals surface area contributed by atoms with Crippen molar-refractivity contribution in [2.75, 3.05) is 10.6 Å². The second-order valence-electron chi connectivity index (χ2n) is 5.89. The third-order valence-corrected chi connectivity index (χ3v) is 3.04. The Bertz CT molecular complexity index is 501. The SMILES string of the molecule is CC1=CC(C)(C)Nc2cc(NC(C)C)c(O)cc21. The number of rotatable bonds is 2. The van der Waals surface area contributed by atoms with Crippen LogP contribution in [0, 0.1) is 0 Å². The maximum atomic E-state index is 10.0. The van der Waals surface area contributed by atoms with Crippen LogP contribution in [0.15, 0.2) is 18.2 Å². The second kappa shape index (κ2) is 4.23. The number of hydrogen-bond donors (Lipinski definition) is 3. The number of aromatic hydroxyl groups is 1. The molecule has 1 aliphatic heterocycles. The fourth-order valence-electron chi connectivity index (χ4n) is 2.45. The quantitative estimate of drug-likeness (QED) is 0.549. The molecule has 0 spiro atoms. The van der Waals surface area contributed by atoms with Crippen LogP contribution in [0.2, 0.25) is 0 Å². The van der Waals surface area contributed by atoms with Crippen LogP contribution in [0.5, 0.6) is 5.75 Å². The fourth-order valence-corrected chi connectivity index (χ4v) is 2.45. The maximum absolute atomic E-state index is 10.0. The Labute approximate surface area is 109 Å². The van der Waals surface area contributed by atoms with E-state index in [-0.39, 0.29) is 5.54 Å². The molecule has 0 atom stereocenters. The van der Waals surface area contributed by atoms with E-state index in [4.69, 9.17) is 0 Å². The van der Waals surface area contributed by atoms with Gasteiger partial charge in [-0.05, 0) is 52.3 Å². The molecule has 1 heterocycles. The van der Waals surface area contributed by atoms with Crippen molar-refractivity contribution in [1.29, 1.82) is 0 Å². The Hall–Kier alpha value is -1.64. The van der Waals surface area contributed by atoms with Gasteiger partial charge in [0.2, 0.25) is 0 Å². The van der Waals surface area contributed by atoms with E-state index in [1.54, 1.807) is 0 Å². The number of phenolic OH excluding ortho intramolecular Hbond substituents is 1. The standard InChI is InChI=1S/C15H22N2O/c1-9(2)16-13-7-12-11(6-14(13)18)10(3)8-15(4,5)17-12/h6-9,16-18H,1-5H3. The first kappa shape index (κ1) is 12.8. The first-order valence-electron chi connectivity index (χ1n) is 6.40. The molecule has 0 fully saturated rings. The van der Waals surface area contributed by atoms with E-state index in [1.165, 1.54) is 5.57 Å². The molecular weight excluding hydrogens is 224 g/mol. The maximum Gasteiger partial charge on any atom is 0.139 e. The average Bonchev–Trinajstić information content (AvgIpc) is 2.18. The summed E-state index contributed by atoms with van der Waals surface area (Å²) in [5, 5.41) is 16.8. The molecular formula is C15H22N2O. The number of anilines is 2. The first-order valence-corrected chi connectivity index (χ1v) is 6.40.